The Hall–Kier alpha value is -2.27. The number of halogens is 3. The van der Waals surface area contributed by atoms with E-state index in [-0.39, 0.29) is 5.88 Å². The van der Waals surface area contributed by atoms with Crippen LogP contribution in [0.5, 0.6) is 11.6 Å². The van der Waals surface area contributed by atoms with Crippen LogP contribution in [0.1, 0.15) is 17.8 Å². The number of rotatable bonds is 3. The molecule has 1 aromatic heterocycles. The number of ether oxygens (including phenoxy) is 1. The van der Waals surface area contributed by atoms with E-state index in [0.29, 0.717) is 21.7 Å². The predicted octanol–water partition coefficient (Wildman–Crippen LogP) is 5.32. The van der Waals surface area contributed by atoms with Crippen molar-refractivity contribution < 1.29 is 13.5 Å². The quantitative estimate of drug-likeness (QED) is 0.655. The van der Waals surface area contributed by atoms with Crippen LogP contribution in [-0.4, -0.2) is 9.97 Å². The van der Waals surface area contributed by atoms with Crippen molar-refractivity contribution in [2.45, 2.75) is 13.3 Å². The first-order valence-electron chi connectivity index (χ1n) is 6.53. The third-order valence-corrected chi connectivity index (χ3v) is 3.55. The second kappa shape index (κ2) is 5.85. The minimum Gasteiger partial charge on any atom is -0.438 e. The van der Waals surface area contributed by atoms with E-state index in [1.807, 2.05) is 6.92 Å². The van der Waals surface area contributed by atoms with Crippen LogP contribution in [0.15, 0.2) is 42.5 Å². The molecule has 3 rings (SSSR count). The first kappa shape index (κ1) is 14.7. The molecule has 0 aliphatic carbocycles. The van der Waals surface area contributed by atoms with Crippen LogP contribution in [0, 0.1) is 6.92 Å². The maximum Gasteiger partial charge on any atom is 0.297 e. The summed E-state index contributed by atoms with van der Waals surface area (Å²) < 4.78 is 31.5. The molecule has 0 radical (unpaired) electrons. The van der Waals surface area contributed by atoms with E-state index in [0.717, 1.165) is 5.56 Å². The number of hydrogen-bond donors (Lipinski definition) is 0. The maximum absolute atomic E-state index is 12.9. The van der Waals surface area contributed by atoms with E-state index >= 15 is 0 Å². The summed E-state index contributed by atoms with van der Waals surface area (Å²) in [7, 11) is 0. The smallest absolute Gasteiger partial charge is 0.297 e. The highest BCUT2D eigenvalue weighted by atomic mass is 35.5. The Morgan fingerprint density at radius 3 is 2.59 bits per heavy atom. The summed E-state index contributed by atoms with van der Waals surface area (Å²) in [5.74, 6) is 0.0213. The van der Waals surface area contributed by atoms with E-state index in [1.165, 1.54) is 0 Å². The van der Waals surface area contributed by atoms with Crippen LogP contribution >= 0.6 is 11.6 Å². The van der Waals surface area contributed by atoms with Gasteiger partial charge in [0.15, 0.2) is 5.82 Å². The summed E-state index contributed by atoms with van der Waals surface area (Å²) in [5, 5.41) is 1.17. The summed E-state index contributed by atoms with van der Waals surface area (Å²) in [6.45, 7) is 1.83. The van der Waals surface area contributed by atoms with Gasteiger partial charge in [-0.1, -0.05) is 23.7 Å². The van der Waals surface area contributed by atoms with Gasteiger partial charge in [0.2, 0.25) is 5.88 Å². The lowest BCUT2D eigenvalue weighted by Crippen LogP contribution is -1.99. The number of aryl methyl sites for hydroxylation is 1. The molecule has 0 fully saturated rings. The van der Waals surface area contributed by atoms with Crippen LogP contribution in [0.2, 0.25) is 5.02 Å². The monoisotopic (exact) mass is 320 g/mol. The molecule has 0 spiro atoms. The number of hydrogen-bond acceptors (Lipinski definition) is 3. The van der Waals surface area contributed by atoms with Gasteiger partial charge in [0.1, 0.15) is 5.75 Å². The molecule has 2 aromatic carbocycles. The molecule has 3 nitrogen and oxygen atoms in total. The van der Waals surface area contributed by atoms with Gasteiger partial charge in [0.25, 0.3) is 6.43 Å². The van der Waals surface area contributed by atoms with E-state index in [4.69, 9.17) is 16.3 Å². The van der Waals surface area contributed by atoms with Crippen molar-refractivity contribution >= 4 is 22.5 Å². The van der Waals surface area contributed by atoms with Gasteiger partial charge < -0.3 is 4.74 Å². The molecule has 0 aliphatic heterocycles. The third-order valence-electron chi connectivity index (χ3n) is 3.12. The average molecular weight is 321 g/mol. The Morgan fingerprint density at radius 1 is 1.09 bits per heavy atom. The van der Waals surface area contributed by atoms with Gasteiger partial charge in [-0.2, -0.15) is 4.98 Å². The molecule has 22 heavy (non-hydrogen) atoms. The second-order valence-electron chi connectivity index (χ2n) is 4.72. The fourth-order valence-corrected chi connectivity index (χ4v) is 2.15. The van der Waals surface area contributed by atoms with Crippen LogP contribution in [0.3, 0.4) is 0 Å². The number of alkyl halides is 2. The van der Waals surface area contributed by atoms with Crippen molar-refractivity contribution in [2.24, 2.45) is 0 Å². The van der Waals surface area contributed by atoms with Crippen LogP contribution < -0.4 is 4.74 Å². The van der Waals surface area contributed by atoms with Crippen molar-refractivity contribution in [2.75, 3.05) is 0 Å². The molecule has 0 saturated heterocycles. The van der Waals surface area contributed by atoms with Crippen molar-refractivity contribution in [1.82, 2.24) is 9.97 Å². The van der Waals surface area contributed by atoms with Crippen LogP contribution in [0.25, 0.3) is 10.9 Å². The van der Waals surface area contributed by atoms with E-state index < -0.39 is 12.2 Å². The number of para-hydroxylation sites is 1. The summed E-state index contributed by atoms with van der Waals surface area (Å²) >= 11 is 5.97. The Morgan fingerprint density at radius 2 is 1.86 bits per heavy atom. The molecule has 1 heterocycles. The zero-order valence-corrected chi connectivity index (χ0v) is 12.3. The molecule has 0 bridgehead atoms. The highest BCUT2D eigenvalue weighted by Crippen LogP contribution is 2.31. The van der Waals surface area contributed by atoms with Crippen molar-refractivity contribution in [3.63, 3.8) is 0 Å². The van der Waals surface area contributed by atoms with Gasteiger partial charge in [0, 0.05) is 5.02 Å². The molecule has 0 N–H and O–H groups in total. The van der Waals surface area contributed by atoms with Crippen molar-refractivity contribution in [3.05, 3.63) is 58.9 Å². The predicted molar refractivity (Wildman–Crippen MR) is 80.8 cm³/mol. The molecule has 3 aromatic rings. The van der Waals surface area contributed by atoms with Crippen LogP contribution in [0.4, 0.5) is 8.78 Å². The Labute approximate surface area is 130 Å². The average Bonchev–Trinajstić information content (AvgIpc) is 2.50. The van der Waals surface area contributed by atoms with Gasteiger partial charge in [-0.15, -0.1) is 0 Å². The highest BCUT2D eigenvalue weighted by molar-refractivity contribution is 6.31. The topological polar surface area (TPSA) is 35.0 Å². The van der Waals surface area contributed by atoms with Gasteiger partial charge in [-0.05, 0) is 42.8 Å². The summed E-state index contributed by atoms with van der Waals surface area (Å²) in [5.41, 5.74) is 1.24. The fraction of sp³-hybridized carbons (Fsp3) is 0.125. The molecular formula is C16H11ClF2N2O. The summed E-state index contributed by atoms with van der Waals surface area (Å²) in [4.78, 5) is 7.68. The third kappa shape index (κ3) is 2.85. The molecule has 0 aliphatic rings. The van der Waals surface area contributed by atoms with Gasteiger partial charge >= 0.3 is 0 Å². The molecule has 112 valence electrons. The normalized spacial score (nSPS) is 11.1. The minimum atomic E-state index is -2.76. The largest absolute Gasteiger partial charge is 0.438 e. The fourth-order valence-electron chi connectivity index (χ4n) is 2.03. The van der Waals surface area contributed by atoms with E-state index in [1.54, 1.807) is 42.5 Å². The van der Waals surface area contributed by atoms with E-state index in [2.05, 4.69) is 9.97 Å². The Bertz CT molecular complexity index is 839. The molecule has 0 atom stereocenters. The first-order valence-corrected chi connectivity index (χ1v) is 6.91. The molecule has 0 unspecified atom stereocenters. The van der Waals surface area contributed by atoms with Crippen molar-refractivity contribution in [3.8, 4) is 11.6 Å². The minimum absolute atomic E-state index is 0.0997. The van der Waals surface area contributed by atoms with Crippen LogP contribution in [-0.2, 0) is 0 Å². The number of aromatic nitrogens is 2. The van der Waals surface area contributed by atoms with Gasteiger partial charge in [0.05, 0.1) is 10.9 Å². The van der Waals surface area contributed by atoms with E-state index in [9.17, 15) is 8.78 Å². The number of nitrogens with zero attached hydrogens (tertiary/aromatic N) is 2. The second-order valence-corrected chi connectivity index (χ2v) is 5.13. The number of fused-ring (bicyclic) bond motifs is 1. The standard InChI is InChI=1S/C16H11ClF2N2O/c1-9-8-10(6-7-12(9)17)22-16-11-4-2-3-5-13(11)20-15(21-16)14(18)19/h2-8,14H,1H3. The summed E-state index contributed by atoms with van der Waals surface area (Å²) in [6.07, 6.45) is -2.76. The molecule has 0 saturated carbocycles. The molecular weight excluding hydrogens is 310 g/mol. The lowest BCUT2D eigenvalue weighted by atomic mass is 10.2. The first-order chi connectivity index (χ1) is 10.5. The molecule has 6 heteroatoms. The highest BCUT2D eigenvalue weighted by Gasteiger charge is 2.16. The lowest BCUT2D eigenvalue weighted by molar-refractivity contribution is 0.140. The Kier molecular flexibility index (Phi) is 3.90. The maximum atomic E-state index is 12.9. The summed E-state index contributed by atoms with van der Waals surface area (Å²) in [6, 6.07) is 11.9. The SMILES string of the molecule is Cc1cc(Oc2nc(C(F)F)nc3ccccc23)ccc1Cl. The zero-order valence-electron chi connectivity index (χ0n) is 11.6. The zero-order chi connectivity index (χ0) is 15.7. The molecule has 0 amide bonds. The Balaban J connectivity index is 2.10. The lowest BCUT2D eigenvalue weighted by Gasteiger charge is -2.10. The van der Waals surface area contributed by atoms with Crippen molar-refractivity contribution in [1.29, 1.82) is 0 Å². The van der Waals surface area contributed by atoms with Gasteiger partial charge in [-0.25, -0.2) is 13.8 Å². The number of benzene rings is 2. The van der Waals surface area contributed by atoms with Gasteiger partial charge in [-0.3, -0.25) is 0 Å².